The maximum absolute atomic E-state index is 13.2. The van der Waals surface area contributed by atoms with Crippen molar-refractivity contribution in [3.63, 3.8) is 0 Å². The highest BCUT2D eigenvalue weighted by molar-refractivity contribution is 7.13. The molecular formula is C23H32N6O2S. The number of carbonyl (C=O) groups is 2. The number of aromatic nitrogens is 2. The highest BCUT2D eigenvalue weighted by Gasteiger charge is 2.34. The molecule has 1 heterocycles. The lowest BCUT2D eigenvalue weighted by atomic mass is 9.85. The van der Waals surface area contributed by atoms with Crippen LogP contribution in [0, 0.1) is 5.41 Å². The topological polar surface area (TPSA) is 122 Å². The van der Waals surface area contributed by atoms with Crippen molar-refractivity contribution in [3.05, 3.63) is 47.0 Å². The van der Waals surface area contributed by atoms with E-state index in [4.69, 9.17) is 5.73 Å². The van der Waals surface area contributed by atoms with Crippen molar-refractivity contribution in [2.24, 2.45) is 16.1 Å². The van der Waals surface area contributed by atoms with Crippen LogP contribution in [-0.2, 0) is 9.59 Å². The second-order valence-electron chi connectivity index (χ2n) is 8.35. The molecule has 0 aliphatic heterocycles. The monoisotopic (exact) mass is 456 g/mol. The number of nitrogens with one attached hydrogen (secondary N) is 2. The molecule has 8 nitrogen and oxygen atoms in total. The summed E-state index contributed by atoms with van der Waals surface area (Å²) in [6.45, 7) is 6.34. The SMILES string of the molecule is CN=C(C(=O)NC(C(=O)Nc1nncs1)C(C)(C)C)c1ccccc1/C=C\CCCCN. The van der Waals surface area contributed by atoms with Gasteiger partial charge in [-0.05, 0) is 36.8 Å². The Hall–Kier alpha value is -2.91. The first-order valence-electron chi connectivity index (χ1n) is 10.6. The predicted octanol–water partition coefficient (Wildman–Crippen LogP) is 3.27. The van der Waals surface area contributed by atoms with Crippen molar-refractivity contribution in [1.29, 1.82) is 0 Å². The Morgan fingerprint density at radius 2 is 2.00 bits per heavy atom. The average molecular weight is 457 g/mol. The number of allylic oxidation sites excluding steroid dienone is 1. The number of hydrogen-bond donors (Lipinski definition) is 3. The minimum Gasteiger partial charge on any atom is -0.338 e. The van der Waals surface area contributed by atoms with Gasteiger partial charge in [0.2, 0.25) is 11.0 Å². The van der Waals surface area contributed by atoms with Gasteiger partial charge in [-0.3, -0.25) is 19.9 Å². The minimum atomic E-state index is -0.797. The Bertz CT molecular complexity index is 948. The van der Waals surface area contributed by atoms with Crippen molar-refractivity contribution >= 4 is 40.1 Å². The fourth-order valence-corrected chi connectivity index (χ4v) is 3.55. The zero-order chi connectivity index (χ0) is 23.6. The third kappa shape index (κ3) is 7.35. The number of amides is 2. The van der Waals surface area contributed by atoms with E-state index >= 15 is 0 Å². The fraction of sp³-hybridized carbons (Fsp3) is 0.435. The summed E-state index contributed by atoms with van der Waals surface area (Å²) < 4.78 is 0. The van der Waals surface area contributed by atoms with Crippen LogP contribution in [0.5, 0.6) is 0 Å². The number of aliphatic imine (C=N–C) groups is 1. The van der Waals surface area contributed by atoms with E-state index in [1.165, 1.54) is 16.8 Å². The van der Waals surface area contributed by atoms with Gasteiger partial charge in [-0.1, -0.05) is 68.5 Å². The van der Waals surface area contributed by atoms with E-state index in [2.05, 4.69) is 31.9 Å². The van der Waals surface area contributed by atoms with Crippen LogP contribution in [-0.4, -0.2) is 47.4 Å². The Kier molecular flexibility index (Phi) is 9.67. The molecule has 0 spiro atoms. The number of nitrogens with two attached hydrogens (primary N) is 1. The average Bonchev–Trinajstić information content (AvgIpc) is 3.25. The van der Waals surface area contributed by atoms with Gasteiger partial charge in [0.05, 0.1) is 0 Å². The third-order valence-electron chi connectivity index (χ3n) is 4.77. The lowest BCUT2D eigenvalue weighted by Gasteiger charge is -2.30. The van der Waals surface area contributed by atoms with Gasteiger partial charge < -0.3 is 11.1 Å². The molecule has 0 radical (unpaired) electrons. The van der Waals surface area contributed by atoms with Gasteiger partial charge in [0.1, 0.15) is 17.3 Å². The number of hydrogen-bond acceptors (Lipinski definition) is 7. The molecule has 1 aromatic heterocycles. The summed E-state index contributed by atoms with van der Waals surface area (Å²) in [6.07, 6.45) is 6.97. The molecule has 2 amide bonds. The zero-order valence-corrected chi connectivity index (χ0v) is 19.9. The molecule has 0 aliphatic rings. The molecule has 0 aliphatic carbocycles. The molecule has 0 saturated heterocycles. The van der Waals surface area contributed by atoms with Crippen molar-refractivity contribution in [2.75, 3.05) is 18.9 Å². The van der Waals surface area contributed by atoms with Gasteiger partial charge in [0.15, 0.2) is 0 Å². The van der Waals surface area contributed by atoms with E-state index in [0.29, 0.717) is 17.2 Å². The molecule has 2 aromatic rings. The summed E-state index contributed by atoms with van der Waals surface area (Å²) in [5.41, 5.74) is 8.41. The molecule has 2 rings (SSSR count). The minimum absolute atomic E-state index is 0.269. The van der Waals surface area contributed by atoms with E-state index in [1.807, 2.05) is 51.1 Å². The van der Waals surface area contributed by atoms with Crippen LogP contribution >= 0.6 is 11.3 Å². The molecule has 1 atom stereocenters. The second-order valence-corrected chi connectivity index (χ2v) is 9.19. The summed E-state index contributed by atoms with van der Waals surface area (Å²) in [5.74, 6) is -0.769. The van der Waals surface area contributed by atoms with Crippen LogP contribution in [0.15, 0.2) is 40.8 Å². The Morgan fingerprint density at radius 1 is 1.25 bits per heavy atom. The lowest BCUT2D eigenvalue weighted by Crippen LogP contribution is -2.53. The molecule has 1 aromatic carbocycles. The zero-order valence-electron chi connectivity index (χ0n) is 19.1. The first-order valence-corrected chi connectivity index (χ1v) is 11.5. The number of rotatable bonds is 10. The van der Waals surface area contributed by atoms with Gasteiger partial charge >= 0.3 is 0 Å². The fourth-order valence-electron chi connectivity index (χ4n) is 3.10. The summed E-state index contributed by atoms with van der Waals surface area (Å²) in [7, 11) is 1.57. The number of carbonyl (C=O) groups excluding carboxylic acids is 2. The standard InChI is InChI=1S/C23H32N6O2S/c1-23(2,3)19(21(31)28-22-29-26-15-32-22)27-20(30)18(25-4)17-13-9-8-12-16(17)11-7-5-6-10-14-24/h7-9,11-13,15,19H,5-6,10,14,24H2,1-4H3,(H,27,30)(H,28,29,31)/b11-7-,25-18?. The molecule has 1 unspecified atom stereocenters. The number of unbranched alkanes of at least 4 members (excludes halogenated alkanes) is 2. The molecule has 4 N–H and O–H groups in total. The molecule has 9 heteroatoms. The molecule has 0 saturated carbocycles. The highest BCUT2D eigenvalue weighted by Crippen LogP contribution is 2.22. The Morgan fingerprint density at radius 3 is 2.62 bits per heavy atom. The first-order chi connectivity index (χ1) is 15.3. The summed E-state index contributed by atoms with van der Waals surface area (Å²) in [6, 6.07) is 6.78. The van der Waals surface area contributed by atoms with Crippen LogP contribution in [0.2, 0.25) is 0 Å². The third-order valence-corrected chi connectivity index (χ3v) is 5.38. The van der Waals surface area contributed by atoms with Crippen molar-refractivity contribution in [1.82, 2.24) is 15.5 Å². The van der Waals surface area contributed by atoms with Crippen LogP contribution < -0.4 is 16.4 Å². The van der Waals surface area contributed by atoms with Crippen LogP contribution in [0.1, 0.15) is 51.2 Å². The molecule has 0 fully saturated rings. The summed E-state index contributed by atoms with van der Waals surface area (Å²) in [5, 5.41) is 13.5. The number of nitrogens with zero attached hydrogens (tertiary/aromatic N) is 3. The predicted molar refractivity (Wildman–Crippen MR) is 131 cm³/mol. The summed E-state index contributed by atoms with van der Waals surface area (Å²) in [4.78, 5) is 30.4. The second kappa shape index (κ2) is 12.2. The van der Waals surface area contributed by atoms with Crippen molar-refractivity contribution < 1.29 is 9.59 Å². The first kappa shape index (κ1) is 25.4. The maximum atomic E-state index is 13.2. The highest BCUT2D eigenvalue weighted by atomic mass is 32.1. The number of anilines is 1. The molecule has 32 heavy (non-hydrogen) atoms. The van der Waals surface area contributed by atoms with Crippen LogP contribution in [0.4, 0.5) is 5.13 Å². The normalized spacial score (nSPS) is 13.2. The van der Waals surface area contributed by atoms with E-state index in [0.717, 1.165) is 24.8 Å². The van der Waals surface area contributed by atoms with Gasteiger partial charge in [-0.15, -0.1) is 10.2 Å². The van der Waals surface area contributed by atoms with Crippen molar-refractivity contribution in [3.8, 4) is 0 Å². The smallest absolute Gasteiger partial charge is 0.270 e. The van der Waals surface area contributed by atoms with Gasteiger partial charge in [0, 0.05) is 12.6 Å². The van der Waals surface area contributed by atoms with Gasteiger partial charge in [-0.2, -0.15) is 0 Å². The van der Waals surface area contributed by atoms with Gasteiger partial charge in [-0.25, -0.2) is 0 Å². The van der Waals surface area contributed by atoms with Gasteiger partial charge in [0.25, 0.3) is 5.91 Å². The van der Waals surface area contributed by atoms with Crippen LogP contribution in [0.25, 0.3) is 6.08 Å². The molecular weight excluding hydrogens is 424 g/mol. The van der Waals surface area contributed by atoms with Crippen LogP contribution in [0.3, 0.4) is 0 Å². The lowest BCUT2D eigenvalue weighted by molar-refractivity contribution is -0.125. The number of benzene rings is 1. The molecule has 0 bridgehead atoms. The van der Waals surface area contributed by atoms with E-state index in [-0.39, 0.29) is 11.6 Å². The summed E-state index contributed by atoms with van der Waals surface area (Å²) >= 11 is 1.22. The largest absolute Gasteiger partial charge is 0.338 e. The quantitative estimate of drug-likeness (QED) is 0.374. The Labute approximate surface area is 193 Å². The maximum Gasteiger partial charge on any atom is 0.270 e. The van der Waals surface area contributed by atoms with E-state index < -0.39 is 17.4 Å². The Balaban J connectivity index is 2.21. The van der Waals surface area contributed by atoms with Crippen molar-refractivity contribution in [2.45, 2.75) is 46.1 Å². The molecule has 172 valence electrons. The van der Waals surface area contributed by atoms with E-state index in [1.54, 1.807) is 7.05 Å². The van der Waals surface area contributed by atoms with E-state index in [9.17, 15) is 9.59 Å².